The quantitative estimate of drug-likeness (QED) is 0.823. The molecule has 2 N–H and O–H groups in total. The lowest BCUT2D eigenvalue weighted by Crippen LogP contribution is -2.41. The van der Waals surface area contributed by atoms with Gasteiger partial charge in [-0.25, -0.2) is 4.98 Å². The van der Waals surface area contributed by atoms with E-state index in [-0.39, 0.29) is 11.9 Å². The van der Waals surface area contributed by atoms with Crippen LogP contribution in [0.4, 0.5) is 0 Å². The second-order valence-electron chi connectivity index (χ2n) is 3.57. The summed E-state index contributed by atoms with van der Waals surface area (Å²) in [7, 11) is 1.76. The Morgan fingerprint density at radius 1 is 1.73 bits per heavy atom. The van der Waals surface area contributed by atoms with Crippen LogP contribution in [0.1, 0.15) is 25.5 Å². The van der Waals surface area contributed by atoms with Crippen molar-refractivity contribution >= 4 is 17.2 Å². The third-order valence-corrected chi connectivity index (χ3v) is 2.81. The molecule has 5 heteroatoms. The summed E-state index contributed by atoms with van der Waals surface area (Å²) in [6, 6.07) is -0.376. The number of nitrogens with zero attached hydrogens (tertiary/aromatic N) is 2. The van der Waals surface area contributed by atoms with Gasteiger partial charge < -0.3 is 10.6 Å². The van der Waals surface area contributed by atoms with E-state index in [1.54, 1.807) is 17.5 Å². The zero-order chi connectivity index (χ0) is 11.3. The lowest BCUT2D eigenvalue weighted by molar-refractivity contribution is -0.132. The molecule has 1 heterocycles. The SMILES string of the molecule is CCCC(N)C(=O)N(C)Cc1cscn1. The average molecular weight is 227 g/mol. The maximum atomic E-state index is 11.7. The summed E-state index contributed by atoms with van der Waals surface area (Å²) < 4.78 is 0. The van der Waals surface area contributed by atoms with E-state index in [1.165, 1.54) is 11.3 Å². The minimum atomic E-state index is -0.376. The predicted octanol–water partition coefficient (Wildman–Crippen LogP) is 1.23. The molecule has 1 rings (SSSR count). The van der Waals surface area contributed by atoms with Crippen molar-refractivity contribution in [2.75, 3.05) is 7.05 Å². The number of carbonyl (C=O) groups excluding carboxylic acids is 1. The molecule has 0 saturated carbocycles. The van der Waals surface area contributed by atoms with Crippen LogP contribution in [0.5, 0.6) is 0 Å². The van der Waals surface area contributed by atoms with E-state index in [1.807, 2.05) is 12.3 Å². The monoisotopic (exact) mass is 227 g/mol. The minimum Gasteiger partial charge on any atom is -0.338 e. The van der Waals surface area contributed by atoms with Crippen molar-refractivity contribution < 1.29 is 4.79 Å². The smallest absolute Gasteiger partial charge is 0.239 e. The maximum Gasteiger partial charge on any atom is 0.239 e. The Morgan fingerprint density at radius 2 is 2.47 bits per heavy atom. The fourth-order valence-electron chi connectivity index (χ4n) is 1.35. The molecule has 15 heavy (non-hydrogen) atoms. The topological polar surface area (TPSA) is 59.2 Å². The molecule has 0 spiro atoms. The molecule has 1 aromatic heterocycles. The maximum absolute atomic E-state index is 11.7. The fraction of sp³-hybridized carbons (Fsp3) is 0.600. The van der Waals surface area contributed by atoms with E-state index in [9.17, 15) is 4.79 Å². The molecule has 84 valence electrons. The van der Waals surface area contributed by atoms with Gasteiger partial charge in [-0.05, 0) is 6.42 Å². The molecule has 4 nitrogen and oxygen atoms in total. The molecule has 0 radical (unpaired) electrons. The number of rotatable bonds is 5. The minimum absolute atomic E-state index is 0.00940. The zero-order valence-electron chi connectivity index (χ0n) is 9.14. The van der Waals surface area contributed by atoms with Crippen molar-refractivity contribution in [3.8, 4) is 0 Å². The molecular weight excluding hydrogens is 210 g/mol. The molecule has 0 bridgehead atoms. The summed E-state index contributed by atoms with van der Waals surface area (Å²) in [5.41, 5.74) is 8.43. The Morgan fingerprint density at radius 3 is 3.00 bits per heavy atom. The van der Waals surface area contributed by atoms with E-state index in [2.05, 4.69) is 4.98 Å². The molecule has 0 saturated heterocycles. The molecule has 0 aliphatic carbocycles. The summed E-state index contributed by atoms with van der Waals surface area (Å²) in [6.07, 6.45) is 1.66. The van der Waals surface area contributed by atoms with Crippen molar-refractivity contribution in [3.63, 3.8) is 0 Å². The van der Waals surface area contributed by atoms with Crippen molar-refractivity contribution in [1.82, 2.24) is 9.88 Å². The van der Waals surface area contributed by atoms with Gasteiger partial charge >= 0.3 is 0 Å². The van der Waals surface area contributed by atoms with E-state index in [4.69, 9.17) is 5.73 Å². The molecule has 1 atom stereocenters. The Labute approximate surface area is 94.1 Å². The first-order valence-electron chi connectivity index (χ1n) is 5.02. The average Bonchev–Trinajstić information content (AvgIpc) is 2.69. The molecule has 1 aromatic rings. The Kier molecular flexibility index (Phi) is 4.71. The zero-order valence-corrected chi connectivity index (χ0v) is 9.96. The van der Waals surface area contributed by atoms with Gasteiger partial charge in [0.1, 0.15) is 0 Å². The lowest BCUT2D eigenvalue weighted by Gasteiger charge is -2.20. The summed E-state index contributed by atoms with van der Waals surface area (Å²) >= 11 is 1.53. The third kappa shape index (κ3) is 3.60. The molecule has 0 aliphatic heterocycles. The number of amides is 1. The molecule has 0 aliphatic rings. The number of aromatic nitrogens is 1. The number of likely N-dealkylation sites (N-methyl/N-ethyl adjacent to an activating group) is 1. The van der Waals surface area contributed by atoms with E-state index >= 15 is 0 Å². The van der Waals surface area contributed by atoms with Crippen LogP contribution in [0.15, 0.2) is 10.9 Å². The van der Waals surface area contributed by atoms with Crippen molar-refractivity contribution in [1.29, 1.82) is 0 Å². The van der Waals surface area contributed by atoms with Crippen LogP contribution in [-0.2, 0) is 11.3 Å². The summed E-state index contributed by atoms with van der Waals surface area (Å²) in [4.78, 5) is 17.5. The summed E-state index contributed by atoms with van der Waals surface area (Å²) in [5.74, 6) is -0.00940. The van der Waals surface area contributed by atoms with E-state index in [0.717, 1.165) is 18.5 Å². The van der Waals surface area contributed by atoms with Gasteiger partial charge in [0.25, 0.3) is 0 Å². The van der Waals surface area contributed by atoms with Gasteiger partial charge in [-0.2, -0.15) is 0 Å². The first-order valence-corrected chi connectivity index (χ1v) is 5.97. The predicted molar refractivity (Wildman–Crippen MR) is 61.5 cm³/mol. The highest BCUT2D eigenvalue weighted by molar-refractivity contribution is 7.07. The van der Waals surface area contributed by atoms with E-state index in [0.29, 0.717) is 6.54 Å². The highest BCUT2D eigenvalue weighted by atomic mass is 32.1. The van der Waals surface area contributed by atoms with Gasteiger partial charge in [-0.3, -0.25) is 4.79 Å². The molecule has 1 unspecified atom stereocenters. The van der Waals surface area contributed by atoms with Gasteiger partial charge in [-0.1, -0.05) is 13.3 Å². The van der Waals surface area contributed by atoms with Crippen molar-refractivity contribution in [3.05, 3.63) is 16.6 Å². The lowest BCUT2D eigenvalue weighted by atomic mass is 10.1. The van der Waals surface area contributed by atoms with Crippen LogP contribution in [0.25, 0.3) is 0 Å². The number of thiazole rings is 1. The number of hydrogen-bond donors (Lipinski definition) is 1. The normalized spacial score (nSPS) is 12.5. The fourth-order valence-corrected chi connectivity index (χ4v) is 1.90. The largest absolute Gasteiger partial charge is 0.338 e. The second kappa shape index (κ2) is 5.82. The standard InChI is InChI=1S/C10H17N3OS/c1-3-4-9(11)10(14)13(2)5-8-6-15-7-12-8/h6-7,9H,3-5,11H2,1-2H3. The van der Waals surface area contributed by atoms with Crippen LogP contribution < -0.4 is 5.73 Å². The number of nitrogens with two attached hydrogens (primary N) is 1. The summed E-state index contributed by atoms with van der Waals surface area (Å²) in [5, 5.41) is 1.94. The molecular formula is C10H17N3OS. The summed E-state index contributed by atoms with van der Waals surface area (Å²) in [6.45, 7) is 2.56. The van der Waals surface area contributed by atoms with Gasteiger partial charge in [-0.15, -0.1) is 11.3 Å². The number of carbonyl (C=O) groups is 1. The van der Waals surface area contributed by atoms with Crippen molar-refractivity contribution in [2.45, 2.75) is 32.4 Å². The Bertz CT molecular complexity index is 300. The van der Waals surface area contributed by atoms with Crippen molar-refractivity contribution in [2.24, 2.45) is 5.73 Å². The number of hydrogen-bond acceptors (Lipinski definition) is 4. The van der Waals surface area contributed by atoms with Gasteiger partial charge in [0.15, 0.2) is 0 Å². The third-order valence-electron chi connectivity index (χ3n) is 2.18. The van der Waals surface area contributed by atoms with Gasteiger partial charge in [0, 0.05) is 12.4 Å². The van der Waals surface area contributed by atoms with E-state index < -0.39 is 0 Å². The second-order valence-corrected chi connectivity index (χ2v) is 4.29. The first-order chi connectivity index (χ1) is 7.15. The Balaban J connectivity index is 2.46. The van der Waals surface area contributed by atoms with Crippen LogP contribution >= 0.6 is 11.3 Å². The van der Waals surface area contributed by atoms with Gasteiger partial charge in [0.05, 0.1) is 23.8 Å². The van der Waals surface area contributed by atoms with Crippen LogP contribution in [0.2, 0.25) is 0 Å². The highest BCUT2D eigenvalue weighted by Crippen LogP contribution is 2.06. The van der Waals surface area contributed by atoms with Crippen LogP contribution in [0.3, 0.4) is 0 Å². The van der Waals surface area contributed by atoms with Gasteiger partial charge in [0.2, 0.25) is 5.91 Å². The Hall–Kier alpha value is -0.940. The first kappa shape index (κ1) is 12.1. The highest BCUT2D eigenvalue weighted by Gasteiger charge is 2.17. The van der Waals surface area contributed by atoms with Crippen LogP contribution in [0, 0.1) is 0 Å². The van der Waals surface area contributed by atoms with Crippen LogP contribution in [-0.4, -0.2) is 28.9 Å². The molecule has 0 aromatic carbocycles. The molecule has 1 amide bonds. The molecule has 0 fully saturated rings.